The maximum absolute atomic E-state index is 12.2. The van der Waals surface area contributed by atoms with E-state index >= 15 is 0 Å². The fourth-order valence-electron chi connectivity index (χ4n) is 3.48. The van der Waals surface area contributed by atoms with Crippen molar-refractivity contribution in [3.8, 4) is 5.75 Å². The van der Waals surface area contributed by atoms with Crippen LogP contribution in [0, 0.1) is 0 Å². The SMILES string of the molecule is Cn1cccc1[C@@H]1CCC[NH+]1CC(=O)NCCOc1ccc(Cl)cc1. The van der Waals surface area contributed by atoms with Crippen LogP contribution < -0.4 is 15.0 Å². The molecule has 1 aromatic carbocycles. The molecule has 6 heteroatoms. The third-order valence-electron chi connectivity index (χ3n) is 4.72. The normalized spacial score (nSPS) is 19.8. The first kappa shape index (κ1) is 17.8. The number of carbonyl (C=O) groups excluding carboxylic acids is 1. The van der Waals surface area contributed by atoms with Crippen LogP contribution in [0.3, 0.4) is 0 Å². The van der Waals surface area contributed by atoms with E-state index in [0.29, 0.717) is 30.8 Å². The van der Waals surface area contributed by atoms with Gasteiger partial charge in [0.1, 0.15) is 18.4 Å². The molecule has 0 aliphatic carbocycles. The van der Waals surface area contributed by atoms with Crippen molar-refractivity contribution < 1.29 is 14.4 Å². The number of amides is 1. The highest BCUT2D eigenvalue weighted by molar-refractivity contribution is 6.30. The lowest BCUT2D eigenvalue weighted by atomic mass is 10.1. The summed E-state index contributed by atoms with van der Waals surface area (Å²) in [6.07, 6.45) is 4.37. The van der Waals surface area contributed by atoms with Crippen LogP contribution in [-0.2, 0) is 11.8 Å². The first-order valence-corrected chi connectivity index (χ1v) is 9.12. The molecule has 134 valence electrons. The molecule has 0 bridgehead atoms. The van der Waals surface area contributed by atoms with Crippen molar-refractivity contribution in [1.82, 2.24) is 9.88 Å². The van der Waals surface area contributed by atoms with E-state index in [1.807, 2.05) is 12.1 Å². The van der Waals surface area contributed by atoms with E-state index in [1.54, 1.807) is 12.1 Å². The molecule has 2 aromatic rings. The number of halogens is 1. The Morgan fingerprint density at radius 2 is 2.16 bits per heavy atom. The van der Waals surface area contributed by atoms with E-state index in [9.17, 15) is 4.79 Å². The zero-order valence-electron chi connectivity index (χ0n) is 14.5. The van der Waals surface area contributed by atoms with Crippen LogP contribution in [-0.4, -0.2) is 36.7 Å². The Balaban J connectivity index is 1.41. The molecule has 1 saturated heterocycles. The number of quaternary nitrogens is 1. The van der Waals surface area contributed by atoms with Crippen molar-refractivity contribution in [1.29, 1.82) is 0 Å². The number of rotatable bonds is 7. The van der Waals surface area contributed by atoms with Crippen molar-refractivity contribution in [3.63, 3.8) is 0 Å². The molecule has 1 unspecified atom stereocenters. The van der Waals surface area contributed by atoms with Crippen LogP contribution in [0.1, 0.15) is 24.6 Å². The summed E-state index contributed by atoms with van der Waals surface area (Å²) in [5.41, 5.74) is 1.31. The monoisotopic (exact) mass is 362 g/mol. The third-order valence-corrected chi connectivity index (χ3v) is 4.97. The summed E-state index contributed by atoms with van der Waals surface area (Å²) in [6.45, 7) is 2.51. The van der Waals surface area contributed by atoms with Gasteiger partial charge in [-0.2, -0.15) is 0 Å². The molecule has 25 heavy (non-hydrogen) atoms. The highest BCUT2D eigenvalue weighted by Crippen LogP contribution is 2.18. The van der Waals surface area contributed by atoms with Gasteiger partial charge in [0.15, 0.2) is 6.54 Å². The van der Waals surface area contributed by atoms with Crippen LogP contribution in [0.25, 0.3) is 0 Å². The first-order valence-electron chi connectivity index (χ1n) is 8.74. The molecule has 1 aromatic heterocycles. The predicted octanol–water partition coefficient (Wildman–Crippen LogP) is 1.59. The van der Waals surface area contributed by atoms with Gasteiger partial charge in [-0.15, -0.1) is 0 Å². The third kappa shape index (κ3) is 4.77. The average Bonchev–Trinajstić information content (AvgIpc) is 3.21. The number of hydrogen-bond acceptors (Lipinski definition) is 2. The van der Waals surface area contributed by atoms with Gasteiger partial charge >= 0.3 is 0 Å². The summed E-state index contributed by atoms with van der Waals surface area (Å²) in [6, 6.07) is 11.9. The van der Waals surface area contributed by atoms with Crippen molar-refractivity contribution >= 4 is 17.5 Å². The molecule has 1 aliphatic heterocycles. The summed E-state index contributed by atoms with van der Waals surface area (Å²) in [7, 11) is 2.07. The summed E-state index contributed by atoms with van der Waals surface area (Å²) >= 11 is 5.84. The van der Waals surface area contributed by atoms with Crippen molar-refractivity contribution in [2.24, 2.45) is 7.05 Å². The van der Waals surface area contributed by atoms with Gasteiger partial charge in [0.05, 0.1) is 18.8 Å². The van der Waals surface area contributed by atoms with Gasteiger partial charge < -0.3 is 19.5 Å². The molecule has 0 spiro atoms. The Kier molecular flexibility index (Phi) is 6.00. The highest BCUT2D eigenvalue weighted by atomic mass is 35.5. The van der Waals surface area contributed by atoms with Crippen LogP contribution in [0.2, 0.25) is 5.02 Å². The smallest absolute Gasteiger partial charge is 0.275 e. The molecule has 5 nitrogen and oxygen atoms in total. The maximum atomic E-state index is 12.2. The molecule has 0 radical (unpaired) electrons. The molecule has 3 rings (SSSR count). The number of nitrogens with one attached hydrogen (secondary N) is 2. The standard InChI is InChI=1S/C19H24ClN3O2/c1-22-11-2-4-17(22)18-5-3-12-23(18)14-19(24)21-10-13-25-16-8-6-15(20)7-9-16/h2,4,6-9,11,18H,3,5,10,12-14H2,1H3,(H,21,24)/p+1/t18-/m0/s1. The van der Waals surface area contributed by atoms with Crippen LogP contribution in [0.5, 0.6) is 5.75 Å². The molecular weight excluding hydrogens is 338 g/mol. The Hall–Kier alpha value is -1.98. The lowest BCUT2D eigenvalue weighted by Crippen LogP contribution is -3.11. The summed E-state index contributed by atoms with van der Waals surface area (Å²) in [4.78, 5) is 13.6. The van der Waals surface area contributed by atoms with Crippen LogP contribution >= 0.6 is 11.6 Å². The van der Waals surface area contributed by atoms with Crippen LogP contribution in [0.15, 0.2) is 42.6 Å². The molecule has 0 saturated carbocycles. The molecule has 1 amide bonds. The Morgan fingerprint density at radius 3 is 2.88 bits per heavy atom. The lowest BCUT2D eigenvalue weighted by Gasteiger charge is -2.21. The van der Waals surface area contributed by atoms with E-state index in [0.717, 1.165) is 25.1 Å². The molecule has 2 atom stereocenters. The van der Waals surface area contributed by atoms with E-state index in [2.05, 4.69) is 35.3 Å². The van der Waals surface area contributed by atoms with Gasteiger partial charge in [-0.3, -0.25) is 4.79 Å². The van der Waals surface area contributed by atoms with Gasteiger partial charge in [0.2, 0.25) is 0 Å². The number of hydrogen-bond donors (Lipinski definition) is 2. The minimum Gasteiger partial charge on any atom is -0.492 e. The summed E-state index contributed by atoms with van der Waals surface area (Å²) in [5, 5.41) is 3.64. The van der Waals surface area contributed by atoms with E-state index in [-0.39, 0.29) is 5.91 Å². The molecule has 1 aliphatic rings. The second-order valence-electron chi connectivity index (χ2n) is 6.48. The summed E-state index contributed by atoms with van der Waals surface area (Å²) < 4.78 is 7.75. The molecule has 2 heterocycles. The number of carbonyl (C=O) groups is 1. The minimum atomic E-state index is 0.0795. The predicted molar refractivity (Wildman–Crippen MR) is 98.0 cm³/mol. The number of benzene rings is 1. The quantitative estimate of drug-likeness (QED) is 0.735. The number of aryl methyl sites for hydroxylation is 1. The average molecular weight is 363 g/mol. The molecule has 1 fully saturated rings. The Morgan fingerprint density at radius 1 is 1.36 bits per heavy atom. The zero-order chi connectivity index (χ0) is 17.6. The van der Waals surface area contributed by atoms with Crippen molar-refractivity contribution in [2.45, 2.75) is 18.9 Å². The van der Waals surface area contributed by atoms with E-state index in [4.69, 9.17) is 16.3 Å². The van der Waals surface area contributed by atoms with Gasteiger partial charge in [-0.1, -0.05) is 11.6 Å². The van der Waals surface area contributed by atoms with Crippen molar-refractivity contribution in [2.75, 3.05) is 26.2 Å². The van der Waals surface area contributed by atoms with Gasteiger partial charge in [-0.25, -0.2) is 0 Å². The Bertz CT molecular complexity index is 699. The molecular formula is C19H25ClN3O2+. The van der Waals surface area contributed by atoms with Crippen molar-refractivity contribution in [3.05, 3.63) is 53.3 Å². The van der Waals surface area contributed by atoms with Gasteiger partial charge in [0.25, 0.3) is 5.91 Å². The zero-order valence-corrected chi connectivity index (χ0v) is 15.3. The topological polar surface area (TPSA) is 47.7 Å². The second kappa shape index (κ2) is 8.41. The maximum Gasteiger partial charge on any atom is 0.275 e. The van der Waals surface area contributed by atoms with Gasteiger partial charge in [-0.05, 0) is 36.4 Å². The number of aromatic nitrogens is 1. The molecule has 2 N–H and O–H groups in total. The van der Waals surface area contributed by atoms with E-state index < -0.39 is 0 Å². The first-order chi connectivity index (χ1) is 12.1. The van der Waals surface area contributed by atoms with Gasteiger partial charge in [0, 0.05) is 31.1 Å². The Labute approximate surface area is 153 Å². The largest absolute Gasteiger partial charge is 0.492 e. The fraction of sp³-hybridized carbons (Fsp3) is 0.421. The minimum absolute atomic E-state index is 0.0795. The van der Waals surface area contributed by atoms with E-state index in [1.165, 1.54) is 10.6 Å². The van der Waals surface area contributed by atoms with Crippen LogP contribution in [0.4, 0.5) is 0 Å². The number of ether oxygens (including phenoxy) is 1. The number of nitrogens with zero attached hydrogens (tertiary/aromatic N) is 1. The lowest BCUT2D eigenvalue weighted by molar-refractivity contribution is -0.911. The summed E-state index contributed by atoms with van der Waals surface area (Å²) in [5.74, 6) is 0.836. The highest BCUT2D eigenvalue weighted by Gasteiger charge is 2.32. The fourth-order valence-corrected chi connectivity index (χ4v) is 3.60. The number of likely N-dealkylation sites (tertiary alicyclic amines) is 1. The second-order valence-corrected chi connectivity index (χ2v) is 6.91.